The Morgan fingerprint density at radius 1 is 1.53 bits per heavy atom. The molecule has 2 rings (SSSR count). The Kier molecular flexibility index (Phi) is 5.21. The van der Waals surface area contributed by atoms with Crippen LogP contribution >= 0.6 is 11.6 Å². The monoisotopic (exact) mass is 277 g/mol. The fraction of sp³-hybridized carbons (Fsp3) is 0.533. The van der Waals surface area contributed by atoms with Crippen molar-refractivity contribution < 1.29 is 0 Å². The molecule has 0 bridgehead atoms. The van der Waals surface area contributed by atoms with E-state index in [0.717, 1.165) is 25.2 Å². The molecular weight excluding hydrogens is 258 g/mol. The lowest BCUT2D eigenvalue weighted by Crippen LogP contribution is -2.37. The Morgan fingerprint density at radius 2 is 2.37 bits per heavy atom. The molecule has 1 fully saturated rings. The first-order valence-electron chi connectivity index (χ1n) is 6.88. The van der Waals surface area contributed by atoms with Crippen molar-refractivity contribution in [3.05, 3.63) is 34.3 Å². The molecule has 0 spiro atoms. The van der Waals surface area contributed by atoms with Crippen molar-refractivity contribution in [2.24, 2.45) is 0 Å². The highest BCUT2D eigenvalue weighted by molar-refractivity contribution is 6.31. The fourth-order valence-corrected chi connectivity index (χ4v) is 2.92. The van der Waals surface area contributed by atoms with Crippen LogP contribution in [-0.2, 0) is 6.54 Å². The number of likely N-dealkylation sites (N-methyl/N-ethyl adjacent to an activating group) is 1. The topological polar surface area (TPSA) is 39.1 Å². The predicted molar refractivity (Wildman–Crippen MR) is 78.1 cm³/mol. The molecule has 1 aromatic rings. The van der Waals surface area contributed by atoms with Gasteiger partial charge < -0.3 is 5.32 Å². The third-order valence-electron chi connectivity index (χ3n) is 3.78. The van der Waals surface area contributed by atoms with Crippen molar-refractivity contribution in [3.63, 3.8) is 0 Å². The maximum Gasteiger partial charge on any atom is 0.0992 e. The van der Waals surface area contributed by atoms with Gasteiger partial charge in [-0.1, -0.05) is 24.6 Å². The maximum atomic E-state index is 8.80. The van der Waals surface area contributed by atoms with Gasteiger partial charge in [0.05, 0.1) is 11.6 Å². The average Bonchev–Trinajstić information content (AvgIpc) is 2.88. The zero-order chi connectivity index (χ0) is 13.7. The van der Waals surface area contributed by atoms with E-state index in [0.29, 0.717) is 16.6 Å². The van der Waals surface area contributed by atoms with Gasteiger partial charge in [-0.05, 0) is 43.6 Å². The summed E-state index contributed by atoms with van der Waals surface area (Å²) in [6.07, 6.45) is 2.58. The third kappa shape index (κ3) is 3.70. The number of rotatable bonds is 5. The summed E-state index contributed by atoms with van der Waals surface area (Å²) in [5.74, 6) is 0. The highest BCUT2D eigenvalue weighted by atomic mass is 35.5. The summed E-state index contributed by atoms with van der Waals surface area (Å²) >= 11 is 6.16. The van der Waals surface area contributed by atoms with Gasteiger partial charge in [-0.15, -0.1) is 0 Å². The molecule has 0 amide bonds. The number of nitriles is 1. The van der Waals surface area contributed by atoms with Crippen LogP contribution in [0.15, 0.2) is 18.2 Å². The first-order valence-corrected chi connectivity index (χ1v) is 7.25. The lowest BCUT2D eigenvalue weighted by molar-refractivity contribution is 0.260. The second-order valence-electron chi connectivity index (χ2n) is 4.97. The van der Waals surface area contributed by atoms with Gasteiger partial charge in [0.1, 0.15) is 0 Å². The largest absolute Gasteiger partial charge is 0.311 e. The number of nitrogens with one attached hydrogen (secondary N) is 1. The van der Waals surface area contributed by atoms with E-state index >= 15 is 0 Å². The van der Waals surface area contributed by atoms with E-state index in [-0.39, 0.29) is 0 Å². The molecule has 102 valence electrons. The zero-order valence-corrected chi connectivity index (χ0v) is 12.1. The summed E-state index contributed by atoms with van der Waals surface area (Å²) in [6.45, 7) is 6.34. The van der Waals surface area contributed by atoms with Crippen LogP contribution in [0.3, 0.4) is 0 Å². The van der Waals surface area contributed by atoms with Gasteiger partial charge in [-0.3, -0.25) is 4.90 Å². The van der Waals surface area contributed by atoms with Gasteiger partial charge in [-0.2, -0.15) is 5.26 Å². The molecule has 0 radical (unpaired) electrons. The van der Waals surface area contributed by atoms with Crippen LogP contribution < -0.4 is 5.32 Å². The van der Waals surface area contributed by atoms with Crippen LogP contribution in [0.5, 0.6) is 0 Å². The highest BCUT2D eigenvalue weighted by Crippen LogP contribution is 2.18. The molecule has 19 heavy (non-hydrogen) atoms. The second-order valence-corrected chi connectivity index (χ2v) is 5.38. The summed E-state index contributed by atoms with van der Waals surface area (Å²) in [6, 6.07) is 8.23. The molecule has 1 aliphatic heterocycles. The molecule has 1 unspecified atom stereocenters. The van der Waals surface area contributed by atoms with Crippen LogP contribution in [0, 0.1) is 11.3 Å². The molecule has 0 aromatic heterocycles. The van der Waals surface area contributed by atoms with Crippen molar-refractivity contribution in [2.45, 2.75) is 32.4 Å². The lowest BCUT2D eigenvalue weighted by Gasteiger charge is -2.23. The Hall–Kier alpha value is -1.08. The lowest BCUT2D eigenvalue weighted by atomic mass is 10.1. The van der Waals surface area contributed by atoms with Crippen LogP contribution in [0.25, 0.3) is 0 Å². The molecule has 1 saturated heterocycles. The van der Waals surface area contributed by atoms with Crippen molar-refractivity contribution >= 4 is 11.6 Å². The molecule has 0 aliphatic carbocycles. The minimum absolute atomic E-state index is 0.613. The molecule has 4 heteroatoms. The summed E-state index contributed by atoms with van der Waals surface area (Å²) in [5.41, 5.74) is 1.67. The number of hydrogen-bond donors (Lipinski definition) is 1. The van der Waals surface area contributed by atoms with Crippen molar-refractivity contribution in [1.82, 2.24) is 10.2 Å². The van der Waals surface area contributed by atoms with Gasteiger partial charge in [0.15, 0.2) is 0 Å². The molecule has 1 heterocycles. The van der Waals surface area contributed by atoms with Gasteiger partial charge in [-0.25, -0.2) is 0 Å². The molecule has 1 aromatic carbocycles. The molecule has 1 atom stereocenters. The summed E-state index contributed by atoms with van der Waals surface area (Å²) in [5, 5.41) is 12.9. The van der Waals surface area contributed by atoms with Gasteiger partial charge in [0.25, 0.3) is 0 Å². The summed E-state index contributed by atoms with van der Waals surface area (Å²) in [7, 11) is 0. The van der Waals surface area contributed by atoms with Gasteiger partial charge in [0.2, 0.25) is 0 Å². The number of nitrogens with zero attached hydrogens (tertiary/aromatic N) is 2. The van der Waals surface area contributed by atoms with Crippen molar-refractivity contribution in [1.29, 1.82) is 5.26 Å². The molecule has 0 saturated carbocycles. The first kappa shape index (κ1) is 14.3. The summed E-state index contributed by atoms with van der Waals surface area (Å²) < 4.78 is 0. The standard InChI is InChI=1S/C15H20ClN3/c1-2-19-7-3-4-14(19)11-18-10-13-6-5-12(9-17)8-15(13)16/h5-6,8,14,18H,2-4,7,10-11H2,1H3. The minimum Gasteiger partial charge on any atom is -0.311 e. The smallest absolute Gasteiger partial charge is 0.0992 e. The molecule has 1 aliphatic rings. The Morgan fingerprint density at radius 3 is 3.05 bits per heavy atom. The van der Waals surface area contributed by atoms with E-state index < -0.39 is 0 Å². The van der Waals surface area contributed by atoms with Crippen molar-refractivity contribution in [3.8, 4) is 6.07 Å². The van der Waals surface area contributed by atoms with E-state index in [9.17, 15) is 0 Å². The normalized spacial score (nSPS) is 19.5. The van der Waals surface area contributed by atoms with Crippen LogP contribution in [0.2, 0.25) is 5.02 Å². The van der Waals surface area contributed by atoms with Crippen LogP contribution in [-0.4, -0.2) is 30.6 Å². The Balaban J connectivity index is 1.84. The van der Waals surface area contributed by atoms with Crippen LogP contribution in [0.1, 0.15) is 30.9 Å². The first-order chi connectivity index (χ1) is 9.24. The Labute approximate surface area is 120 Å². The maximum absolute atomic E-state index is 8.80. The van der Waals surface area contributed by atoms with E-state index in [2.05, 4.69) is 23.2 Å². The van der Waals surface area contributed by atoms with Crippen molar-refractivity contribution in [2.75, 3.05) is 19.6 Å². The molecule has 1 N–H and O–H groups in total. The number of benzene rings is 1. The zero-order valence-electron chi connectivity index (χ0n) is 11.3. The molecule has 3 nitrogen and oxygen atoms in total. The Bertz CT molecular complexity index is 467. The van der Waals surface area contributed by atoms with Gasteiger partial charge >= 0.3 is 0 Å². The van der Waals surface area contributed by atoms with E-state index in [4.69, 9.17) is 16.9 Å². The summed E-state index contributed by atoms with van der Waals surface area (Å²) in [4.78, 5) is 2.52. The molecular formula is C15H20ClN3. The number of likely N-dealkylation sites (tertiary alicyclic amines) is 1. The fourth-order valence-electron chi connectivity index (χ4n) is 2.68. The van der Waals surface area contributed by atoms with Crippen LogP contribution in [0.4, 0.5) is 0 Å². The highest BCUT2D eigenvalue weighted by Gasteiger charge is 2.22. The number of halogens is 1. The predicted octanol–water partition coefficient (Wildman–Crippen LogP) is 2.79. The van der Waals surface area contributed by atoms with E-state index in [1.807, 2.05) is 12.1 Å². The average molecular weight is 278 g/mol. The van der Waals surface area contributed by atoms with E-state index in [1.165, 1.54) is 19.4 Å². The third-order valence-corrected chi connectivity index (χ3v) is 4.13. The van der Waals surface area contributed by atoms with E-state index in [1.54, 1.807) is 6.07 Å². The SMILES string of the molecule is CCN1CCCC1CNCc1ccc(C#N)cc1Cl. The second kappa shape index (κ2) is 6.91. The minimum atomic E-state index is 0.613. The van der Waals surface area contributed by atoms with Gasteiger partial charge in [0, 0.05) is 24.2 Å². The number of hydrogen-bond acceptors (Lipinski definition) is 3. The quantitative estimate of drug-likeness (QED) is 0.900.